The maximum Gasteiger partial charge on any atom is 0.236 e. The molecule has 2 aliphatic heterocycles. The summed E-state index contributed by atoms with van der Waals surface area (Å²) in [5.74, 6) is 0.665. The highest BCUT2D eigenvalue weighted by atomic mass is 35.5. The van der Waals surface area contributed by atoms with Crippen molar-refractivity contribution >= 4 is 29.0 Å². The summed E-state index contributed by atoms with van der Waals surface area (Å²) in [6.45, 7) is 4.07. The number of carbonyl (C=O) groups excluding carboxylic acids is 1. The van der Waals surface area contributed by atoms with Gasteiger partial charge < -0.3 is 4.90 Å². The van der Waals surface area contributed by atoms with Gasteiger partial charge in [0.25, 0.3) is 0 Å². The lowest BCUT2D eigenvalue weighted by Crippen LogP contribution is -2.38. The predicted octanol–water partition coefficient (Wildman–Crippen LogP) is 3.00. The van der Waals surface area contributed by atoms with Gasteiger partial charge in [0.05, 0.1) is 12.2 Å². The Hall–Kier alpha value is -1.50. The monoisotopic (exact) mass is 376 g/mol. The number of benzene rings is 1. The summed E-state index contributed by atoms with van der Waals surface area (Å²) >= 11 is 7.41. The molecule has 0 spiro atoms. The van der Waals surface area contributed by atoms with E-state index in [0.29, 0.717) is 13.1 Å². The number of aromatic nitrogens is 2. The fourth-order valence-corrected chi connectivity index (χ4v) is 4.56. The smallest absolute Gasteiger partial charge is 0.236 e. The van der Waals surface area contributed by atoms with Crippen molar-refractivity contribution in [2.45, 2.75) is 24.7 Å². The number of rotatable bonds is 4. The summed E-state index contributed by atoms with van der Waals surface area (Å²) in [5.41, 5.74) is 2.19. The largest absolute Gasteiger partial charge is 0.340 e. The zero-order valence-electron chi connectivity index (χ0n) is 14.0. The van der Waals surface area contributed by atoms with Gasteiger partial charge >= 0.3 is 0 Å². The first kappa shape index (κ1) is 16.9. The third-order valence-corrected chi connectivity index (χ3v) is 6.06. The molecule has 2 fully saturated rings. The van der Waals surface area contributed by atoms with E-state index in [-0.39, 0.29) is 17.7 Å². The van der Waals surface area contributed by atoms with Crippen molar-refractivity contribution in [2.75, 3.05) is 32.7 Å². The Kier molecular flexibility index (Phi) is 5.01. The Morgan fingerprint density at radius 2 is 1.88 bits per heavy atom. The molecular weight excluding hydrogens is 356 g/mol. The molecule has 2 atom stereocenters. The van der Waals surface area contributed by atoms with Crippen molar-refractivity contribution in [2.24, 2.45) is 0 Å². The van der Waals surface area contributed by atoms with Gasteiger partial charge in [-0.15, -0.1) is 5.10 Å². The Bertz CT molecular complexity index is 715. The minimum absolute atomic E-state index is 0.197. The second kappa shape index (κ2) is 7.40. The van der Waals surface area contributed by atoms with Gasteiger partial charge in [0, 0.05) is 35.3 Å². The van der Waals surface area contributed by atoms with E-state index in [1.807, 2.05) is 22.4 Å². The topological polar surface area (TPSA) is 49.3 Å². The summed E-state index contributed by atoms with van der Waals surface area (Å²) in [6.07, 6.45) is 2.40. The van der Waals surface area contributed by atoms with Crippen LogP contribution in [0.2, 0.25) is 5.02 Å². The minimum atomic E-state index is 0.197. The predicted molar refractivity (Wildman–Crippen MR) is 99.1 cm³/mol. The van der Waals surface area contributed by atoms with Crippen LogP contribution in [0.25, 0.3) is 0 Å². The highest BCUT2D eigenvalue weighted by Gasteiger charge is 2.38. The quantitative estimate of drug-likeness (QED) is 0.823. The normalized spacial score (nSPS) is 24.1. The molecule has 1 aromatic carbocycles. The molecule has 1 amide bonds. The lowest BCUT2D eigenvalue weighted by atomic mass is 9.87. The van der Waals surface area contributed by atoms with E-state index >= 15 is 0 Å². The third kappa shape index (κ3) is 3.71. The molecule has 0 radical (unpaired) electrons. The van der Waals surface area contributed by atoms with Crippen LogP contribution in [0.1, 0.15) is 35.9 Å². The highest BCUT2D eigenvalue weighted by Crippen LogP contribution is 2.39. The van der Waals surface area contributed by atoms with Crippen LogP contribution in [0.4, 0.5) is 0 Å². The van der Waals surface area contributed by atoms with E-state index in [4.69, 9.17) is 11.6 Å². The molecule has 1 aromatic heterocycles. The van der Waals surface area contributed by atoms with Crippen molar-refractivity contribution in [3.05, 3.63) is 45.9 Å². The first-order chi connectivity index (χ1) is 12.2. The van der Waals surface area contributed by atoms with Crippen molar-refractivity contribution in [3.63, 3.8) is 0 Å². The van der Waals surface area contributed by atoms with Crippen LogP contribution in [-0.4, -0.2) is 58.0 Å². The summed E-state index contributed by atoms with van der Waals surface area (Å²) in [7, 11) is 0. The van der Waals surface area contributed by atoms with Gasteiger partial charge in [-0.2, -0.15) is 0 Å². The number of halogens is 1. The Balaban J connectivity index is 1.53. The van der Waals surface area contributed by atoms with Gasteiger partial charge in [-0.05, 0) is 55.2 Å². The van der Waals surface area contributed by atoms with Crippen molar-refractivity contribution in [1.29, 1.82) is 0 Å². The van der Waals surface area contributed by atoms with Crippen LogP contribution in [0, 0.1) is 0 Å². The van der Waals surface area contributed by atoms with Gasteiger partial charge in [-0.3, -0.25) is 9.69 Å². The molecule has 132 valence electrons. The Labute approximate surface area is 156 Å². The molecular formula is C18H21ClN4OS. The van der Waals surface area contributed by atoms with Gasteiger partial charge in [0.15, 0.2) is 0 Å². The molecule has 0 bridgehead atoms. The molecule has 2 saturated heterocycles. The standard InChI is InChI=1S/C18H21ClN4OS/c19-14-5-3-13(4-6-14)15-9-23(10-16(15)17-12-25-21-20-17)18(24)11-22-7-1-2-8-22/h3-6,12,15-16H,1-2,7-11H2/t15-,16+/m1/s1. The second-order valence-corrected chi connectivity index (χ2v) is 7.92. The molecule has 7 heteroatoms. The van der Waals surface area contributed by atoms with Crippen LogP contribution in [-0.2, 0) is 4.79 Å². The van der Waals surface area contributed by atoms with Crippen molar-refractivity contribution < 1.29 is 4.79 Å². The summed E-state index contributed by atoms with van der Waals surface area (Å²) in [4.78, 5) is 17.0. The Morgan fingerprint density at radius 1 is 1.16 bits per heavy atom. The second-order valence-electron chi connectivity index (χ2n) is 6.88. The summed E-state index contributed by atoms with van der Waals surface area (Å²) < 4.78 is 4.02. The van der Waals surface area contributed by atoms with E-state index < -0.39 is 0 Å². The van der Waals surface area contributed by atoms with Gasteiger partial charge in [-0.1, -0.05) is 28.2 Å². The SMILES string of the molecule is O=C(CN1CCCC1)N1C[C@H](c2ccc(Cl)cc2)[C@@H](c2csnn2)C1. The first-order valence-electron chi connectivity index (χ1n) is 8.73. The van der Waals surface area contributed by atoms with Crippen LogP contribution in [0.5, 0.6) is 0 Å². The number of amides is 1. The summed E-state index contributed by atoms with van der Waals surface area (Å²) in [6, 6.07) is 7.96. The van der Waals surface area contributed by atoms with E-state index in [2.05, 4.69) is 26.6 Å². The third-order valence-electron chi connectivity index (χ3n) is 5.29. The van der Waals surface area contributed by atoms with Crippen LogP contribution >= 0.6 is 23.1 Å². The van der Waals surface area contributed by atoms with Crippen LogP contribution in [0.15, 0.2) is 29.6 Å². The van der Waals surface area contributed by atoms with E-state index in [1.54, 1.807) is 0 Å². The van der Waals surface area contributed by atoms with Gasteiger partial charge in [0.1, 0.15) is 0 Å². The molecule has 25 heavy (non-hydrogen) atoms. The number of nitrogens with zero attached hydrogens (tertiary/aromatic N) is 4. The van der Waals surface area contributed by atoms with Crippen molar-refractivity contribution in [3.8, 4) is 0 Å². The molecule has 0 unspecified atom stereocenters. The van der Waals surface area contributed by atoms with Crippen LogP contribution < -0.4 is 0 Å². The zero-order chi connectivity index (χ0) is 17.2. The maximum atomic E-state index is 12.8. The van der Waals surface area contributed by atoms with Crippen LogP contribution in [0.3, 0.4) is 0 Å². The maximum absolute atomic E-state index is 12.8. The number of likely N-dealkylation sites (tertiary alicyclic amines) is 2. The van der Waals surface area contributed by atoms with Crippen molar-refractivity contribution in [1.82, 2.24) is 19.4 Å². The van der Waals surface area contributed by atoms with E-state index in [0.717, 1.165) is 30.4 Å². The Morgan fingerprint density at radius 3 is 2.56 bits per heavy atom. The average molecular weight is 377 g/mol. The molecule has 0 aliphatic carbocycles. The molecule has 3 heterocycles. The van der Waals surface area contributed by atoms with E-state index in [1.165, 1.54) is 29.9 Å². The lowest BCUT2D eigenvalue weighted by molar-refractivity contribution is -0.131. The van der Waals surface area contributed by atoms with Gasteiger partial charge in [-0.25, -0.2) is 0 Å². The zero-order valence-corrected chi connectivity index (χ0v) is 15.5. The first-order valence-corrected chi connectivity index (χ1v) is 9.95. The highest BCUT2D eigenvalue weighted by molar-refractivity contribution is 7.03. The van der Waals surface area contributed by atoms with E-state index in [9.17, 15) is 4.79 Å². The summed E-state index contributed by atoms with van der Waals surface area (Å²) in [5, 5.41) is 7.02. The molecule has 5 nitrogen and oxygen atoms in total. The molecule has 2 aromatic rings. The fourth-order valence-electron chi connectivity index (χ4n) is 3.92. The number of carbonyl (C=O) groups is 1. The molecule has 2 aliphatic rings. The lowest BCUT2D eigenvalue weighted by Gasteiger charge is -2.21. The fraction of sp³-hybridized carbons (Fsp3) is 0.500. The molecule has 4 rings (SSSR count). The minimum Gasteiger partial charge on any atom is -0.340 e. The number of hydrogen-bond acceptors (Lipinski definition) is 5. The molecule has 0 saturated carbocycles. The number of hydrogen-bond donors (Lipinski definition) is 0. The van der Waals surface area contributed by atoms with Gasteiger partial charge in [0.2, 0.25) is 5.91 Å². The molecule has 0 N–H and O–H groups in total. The average Bonchev–Trinajstić information content (AvgIpc) is 3.36.